The molecule has 3 rings (SSSR count). The summed E-state index contributed by atoms with van der Waals surface area (Å²) in [6.07, 6.45) is 0. The van der Waals surface area contributed by atoms with Crippen molar-refractivity contribution in [3.63, 3.8) is 0 Å². The zero-order chi connectivity index (χ0) is 21.7. The Kier molecular flexibility index (Phi) is 6.66. The first-order valence-electron chi connectivity index (χ1n) is 9.78. The van der Waals surface area contributed by atoms with Gasteiger partial charge in [0, 0.05) is 37.4 Å². The number of nitrogens with zero attached hydrogens (tertiary/aromatic N) is 2. The smallest absolute Gasteiger partial charge is 0.319 e. The number of rotatable bonds is 5. The van der Waals surface area contributed by atoms with E-state index < -0.39 is 11.8 Å². The van der Waals surface area contributed by atoms with Gasteiger partial charge in [0.1, 0.15) is 5.82 Å². The Bertz CT molecular complexity index is 955. The first-order valence-corrected chi connectivity index (χ1v) is 9.78. The Morgan fingerprint density at radius 3 is 2.40 bits per heavy atom. The molecule has 1 aliphatic heterocycles. The minimum atomic E-state index is -0.447. The average molecular weight is 412 g/mol. The quantitative estimate of drug-likeness (QED) is 0.740. The van der Waals surface area contributed by atoms with E-state index in [0.29, 0.717) is 43.1 Å². The molecular weight excluding hydrogens is 387 g/mol. The number of benzene rings is 2. The molecule has 1 heterocycles. The van der Waals surface area contributed by atoms with E-state index in [4.69, 9.17) is 0 Å². The van der Waals surface area contributed by atoms with Crippen LogP contribution in [0.1, 0.15) is 22.8 Å². The maximum Gasteiger partial charge on any atom is 0.319 e. The lowest BCUT2D eigenvalue weighted by Crippen LogP contribution is -2.51. The van der Waals surface area contributed by atoms with Gasteiger partial charge in [-0.25, -0.2) is 9.18 Å². The van der Waals surface area contributed by atoms with Crippen LogP contribution in [0.4, 0.5) is 20.6 Å². The number of nitrogens with one attached hydrogen (secondary N) is 2. The number of urea groups is 1. The number of anilines is 2. The molecule has 2 aromatic rings. The standard InChI is InChI=1S/C22H25FN4O3/c1-15-4-3-5-18(12-15)25-22(30)24-14-21(29)27-10-8-26(9-11-27)20-7-6-17(16(2)28)13-19(20)23/h3-7,12-13H,8-11,14H2,1-2H3,(H2,24,25,30). The van der Waals surface area contributed by atoms with E-state index in [-0.39, 0.29) is 18.2 Å². The van der Waals surface area contributed by atoms with Gasteiger partial charge < -0.3 is 20.4 Å². The molecule has 1 fully saturated rings. The van der Waals surface area contributed by atoms with E-state index in [9.17, 15) is 18.8 Å². The predicted octanol–water partition coefficient (Wildman–Crippen LogP) is 2.81. The highest BCUT2D eigenvalue weighted by Crippen LogP contribution is 2.22. The number of hydrogen-bond acceptors (Lipinski definition) is 4. The number of amides is 3. The number of carbonyl (C=O) groups excluding carboxylic acids is 3. The van der Waals surface area contributed by atoms with Crippen molar-refractivity contribution in [1.82, 2.24) is 10.2 Å². The summed E-state index contributed by atoms with van der Waals surface area (Å²) in [5.74, 6) is -0.826. The topological polar surface area (TPSA) is 81.8 Å². The van der Waals surface area contributed by atoms with Gasteiger partial charge >= 0.3 is 6.03 Å². The lowest BCUT2D eigenvalue weighted by atomic mass is 10.1. The van der Waals surface area contributed by atoms with Gasteiger partial charge in [0.25, 0.3) is 0 Å². The van der Waals surface area contributed by atoms with Crippen LogP contribution in [0.3, 0.4) is 0 Å². The van der Waals surface area contributed by atoms with E-state index in [1.165, 1.54) is 13.0 Å². The summed E-state index contributed by atoms with van der Waals surface area (Å²) in [6.45, 7) is 5.00. The third kappa shape index (κ3) is 5.34. The molecule has 0 saturated carbocycles. The highest BCUT2D eigenvalue weighted by atomic mass is 19.1. The van der Waals surface area contributed by atoms with Gasteiger partial charge in [-0.1, -0.05) is 12.1 Å². The zero-order valence-corrected chi connectivity index (χ0v) is 17.1. The Morgan fingerprint density at radius 2 is 1.77 bits per heavy atom. The van der Waals surface area contributed by atoms with Crippen LogP contribution >= 0.6 is 0 Å². The lowest BCUT2D eigenvalue weighted by molar-refractivity contribution is -0.130. The molecule has 1 saturated heterocycles. The van der Waals surface area contributed by atoms with Gasteiger partial charge in [0.2, 0.25) is 5.91 Å². The maximum absolute atomic E-state index is 14.3. The molecule has 2 aromatic carbocycles. The zero-order valence-electron chi connectivity index (χ0n) is 17.1. The first-order chi connectivity index (χ1) is 14.3. The monoisotopic (exact) mass is 412 g/mol. The summed E-state index contributed by atoms with van der Waals surface area (Å²) < 4.78 is 14.3. The molecule has 0 aliphatic carbocycles. The van der Waals surface area contributed by atoms with Gasteiger partial charge in [0.05, 0.1) is 12.2 Å². The maximum atomic E-state index is 14.3. The van der Waals surface area contributed by atoms with Crippen LogP contribution in [0.5, 0.6) is 0 Å². The van der Waals surface area contributed by atoms with Gasteiger partial charge in [-0.05, 0) is 49.7 Å². The minimum absolute atomic E-state index is 0.112. The Balaban J connectivity index is 1.47. The number of aryl methyl sites for hydroxylation is 1. The first kappa shape index (κ1) is 21.3. The fraction of sp³-hybridized carbons (Fsp3) is 0.318. The third-order valence-corrected chi connectivity index (χ3v) is 5.00. The van der Waals surface area contributed by atoms with E-state index in [1.807, 2.05) is 30.0 Å². The van der Waals surface area contributed by atoms with E-state index in [1.54, 1.807) is 23.1 Å². The average Bonchev–Trinajstić information content (AvgIpc) is 2.72. The van der Waals surface area contributed by atoms with Crippen molar-refractivity contribution >= 4 is 29.1 Å². The van der Waals surface area contributed by atoms with Crippen molar-refractivity contribution in [2.45, 2.75) is 13.8 Å². The van der Waals surface area contributed by atoms with E-state index in [2.05, 4.69) is 10.6 Å². The molecule has 0 bridgehead atoms. The van der Waals surface area contributed by atoms with Crippen LogP contribution in [0.25, 0.3) is 0 Å². The summed E-state index contributed by atoms with van der Waals surface area (Å²) >= 11 is 0. The lowest BCUT2D eigenvalue weighted by Gasteiger charge is -2.36. The number of piperazine rings is 1. The third-order valence-electron chi connectivity index (χ3n) is 5.00. The van der Waals surface area contributed by atoms with Crippen molar-refractivity contribution in [1.29, 1.82) is 0 Å². The number of carbonyl (C=O) groups is 3. The minimum Gasteiger partial charge on any atom is -0.366 e. The normalized spacial score (nSPS) is 13.7. The molecule has 158 valence electrons. The number of halogens is 1. The Labute approximate surface area is 174 Å². The van der Waals surface area contributed by atoms with Crippen molar-refractivity contribution < 1.29 is 18.8 Å². The molecule has 2 N–H and O–H groups in total. The van der Waals surface area contributed by atoms with Gasteiger partial charge in [-0.15, -0.1) is 0 Å². The van der Waals surface area contributed by atoms with Crippen LogP contribution in [0, 0.1) is 12.7 Å². The number of ketones is 1. The highest BCUT2D eigenvalue weighted by Gasteiger charge is 2.23. The predicted molar refractivity (Wildman–Crippen MR) is 113 cm³/mol. The van der Waals surface area contributed by atoms with Crippen LogP contribution < -0.4 is 15.5 Å². The van der Waals surface area contributed by atoms with Gasteiger partial charge in [-0.2, -0.15) is 0 Å². The van der Waals surface area contributed by atoms with Crippen molar-refractivity contribution in [3.05, 3.63) is 59.4 Å². The molecule has 30 heavy (non-hydrogen) atoms. The molecule has 0 aromatic heterocycles. The van der Waals surface area contributed by atoms with Crippen LogP contribution in [0.15, 0.2) is 42.5 Å². The number of Topliss-reactive ketones (excluding diaryl/α,β-unsaturated/α-hetero) is 1. The summed E-state index contributed by atoms with van der Waals surface area (Å²) in [7, 11) is 0. The molecule has 8 heteroatoms. The van der Waals surface area contributed by atoms with Crippen molar-refractivity contribution in [2.24, 2.45) is 0 Å². The van der Waals surface area contributed by atoms with E-state index >= 15 is 0 Å². The largest absolute Gasteiger partial charge is 0.366 e. The molecule has 1 aliphatic rings. The molecule has 0 radical (unpaired) electrons. The van der Waals surface area contributed by atoms with Crippen LogP contribution in [-0.2, 0) is 4.79 Å². The Morgan fingerprint density at radius 1 is 1.03 bits per heavy atom. The fourth-order valence-corrected chi connectivity index (χ4v) is 3.34. The van der Waals surface area contributed by atoms with Gasteiger partial charge in [-0.3, -0.25) is 9.59 Å². The van der Waals surface area contributed by atoms with Crippen molar-refractivity contribution in [3.8, 4) is 0 Å². The summed E-state index contributed by atoms with van der Waals surface area (Å²) in [5, 5.41) is 5.26. The summed E-state index contributed by atoms with van der Waals surface area (Å²) in [6, 6.07) is 11.4. The van der Waals surface area contributed by atoms with Crippen LogP contribution in [-0.4, -0.2) is 55.3 Å². The molecule has 0 unspecified atom stereocenters. The molecule has 0 spiro atoms. The number of hydrogen-bond donors (Lipinski definition) is 2. The molecular formula is C22H25FN4O3. The van der Waals surface area contributed by atoms with E-state index in [0.717, 1.165) is 5.56 Å². The molecule has 0 atom stereocenters. The Hall–Kier alpha value is -3.42. The second-order valence-corrected chi connectivity index (χ2v) is 7.27. The highest BCUT2D eigenvalue weighted by molar-refractivity contribution is 5.94. The van der Waals surface area contributed by atoms with Crippen LogP contribution in [0.2, 0.25) is 0 Å². The fourth-order valence-electron chi connectivity index (χ4n) is 3.34. The van der Waals surface area contributed by atoms with Gasteiger partial charge in [0.15, 0.2) is 5.78 Å². The SMILES string of the molecule is CC(=O)c1ccc(N2CCN(C(=O)CNC(=O)Nc3cccc(C)c3)CC2)c(F)c1. The second-order valence-electron chi connectivity index (χ2n) is 7.27. The van der Waals surface area contributed by atoms with Crippen molar-refractivity contribution in [2.75, 3.05) is 42.9 Å². The summed E-state index contributed by atoms with van der Waals surface area (Å²) in [4.78, 5) is 39.2. The summed E-state index contributed by atoms with van der Waals surface area (Å²) in [5.41, 5.74) is 2.43. The second kappa shape index (κ2) is 9.39. The molecule has 7 nitrogen and oxygen atoms in total. The molecule has 3 amide bonds.